The number of hydrogen-bond donors (Lipinski definition) is 4. The van der Waals surface area contributed by atoms with Crippen LogP contribution in [0.25, 0.3) is 0 Å². The van der Waals surface area contributed by atoms with Crippen LogP contribution in [0.1, 0.15) is 26.7 Å². The number of hydrogen-bond acceptors (Lipinski definition) is 5. The molecule has 3 atom stereocenters. The quantitative estimate of drug-likeness (QED) is 0.502. The molecule has 0 aromatic carbocycles. The lowest BCUT2D eigenvalue weighted by molar-refractivity contribution is -0.192. The van der Waals surface area contributed by atoms with Gasteiger partial charge in [-0.1, -0.05) is 20.3 Å². The van der Waals surface area contributed by atoms with Crippen LogP contribution in [0, 0.1) is 5.92 Å². The third-order valence-electron chi connectivity index (χ3n) is 3.03. The SMILES string of the molecule is CC[C@H](C)[C@H](N)C(=O)N[C@@H](CCSC)C(=O)O.O=C(O)C(F)(F)F. The number of carbonyl (C=O) groups is 3. The first-order valence-corrected chi connectivity index (χ1v) is 8.35. The number of carboxylic acids is 2. The van der Waals surface area contributed by atoms with Gasteiger partial charge < -0.3 is 21.3 Å². The molecule has 0 radical (unpaired) electrons. The van der Waals surface area contributed by atoms with E-state index in [1.807, 2.05) is 20.1 Å². The van der Waals surface area contributed by atoms with Gasteiger partial charge in [0.05, 0.1) is 6.04 Å². The summed E-state index contributed by atoms with van der Waals surface area (Å²) in [6.45, 7) is 3.82. The smallest absolute Gasteiger partial charge is 0.480 e. The minimum atomic E-state index is -5.08. The van der Waals surface area contributed by atoms with Gasteiger partial charge in [-0.3, -0.25) is 4.79 Å². The molecule has 0 heterocycles. The van der Waals surface area contributed by atoms with Crippen LogP contribution in [-0.2, 0) is 14.4 Å². The molecule has 142 valence electrons. The summed E-state index contributed by atoms with van der Waals surface area (Å²) in [7, 11) is 0. The summed E-state index contributed by atoms with van der Waals surface area (Å²) in [5.41, 5.74) is 5.74. The molecule has 24 heavy (non-hydrogen) atoms. The van der Waals surface area contributed by atoms with Crippen molar-refractivity contribution in [3.63, 3.8) is 0 Å². The molecule has 11 heteroatoms. The zero-order valence-electron chi connectivity index (χ0n) is 13.6. The zero-order valence-corrected chi connectivity index (χ0v) is 14.4. The molecule has 0 rings (SSSR count). The average Bonchev–Trinajstić information content (AvgIpc) is 2.48. The Kier molecular flexibility index (Phi) is 12.3. The second-order valence-corrected chi connectivity index (χ2v) is 5.88. The fourth-order valence-corrected chi connectivity index (χ4v) is 1.74. The molecule has 0 fully saturated rings. The summed E-state index contributed by atoms with van der Waals surface area (Å²) >= 11 is 1.55. The number of alkyl halides is 3. The van der Waals surface area contributed by atoms with E-state index in [0.29, 0.717) is 12.2 Å². The lowest BCUT2D eigenvalue weighted by Gasteiger charge is -2.21. The fraction of sp³-hybridized carbons (Fsp3) is 0.769. The maximum atomic E-state index is 11.7. The van der Waals surface area contributed by atoms with Crippen LogP contribution in [0.3, 0.4) is 0 Å². The van der Waals surface area contributed by atoms with Crippen molar-refractivity contribution in [1.29, 1.82) is 0 Å². The summed E-state index contributed by atoms with van der Waals surface area (Å²) in [4.78, 5) is 31.5. The number of carbonyl (C=O) groups excluding carboxylic acids is 1. The largest absolute Gasteiger partial charge is 0.490 e. The highest BCUT2D eigenvalue weighted by molar-refractivity contribution is 7.98. The molecular formula is C13H23F3N2O5S. The second kappa shape index (κ2) is 12.0. The summed E-state index contributed by atoms with van der Waals surface area (Å²) in [5, 5.41) is 18.6. The van der Waals surface area contributed by atoms with Gasteiger partial charge in [0, 0.05) is 0 Å². The molecule has 0 aromatic heterocycles. The minimum absolute atomic E-state index is 0.0463. The molecular weight excluding hydrogens is 353 g/mol. The van der Waals surface area contributed by atoms with E-state index in [9.17, 15) is 22.8 Å². The van der Waals surface area contributed by atoms with Gasteiger partial charge in [-0.2, -0.15) is 24.9 Å². The molecule has 0 bridgehead atoms. The van der Waals surface area contributed by atoms with Crippen LogP contribution in [0.2, 0.25) is 0 Å². The van der Waals surface area contributed by atoms with E-state index in [2.05, 4.69) is 5.32 Å². The monoisotopic (exact) mass is 376 g/mol. The second-order valence-electron chi connectivity index (χ2n) is 4.90. The van der Waals surface area contributed by atoms with Gasteiger partial charge in [0.1, 0.15) is 6.04 Å². The number of amides is 1. The van der Waals surface area contributed by atoms with Gasteiger partial charge in [-0.15, -0.1) is 0 Å². The van der Waals surface area contributed by atoms with Crippen molar-refractivity contribution < 1.29 is 37.8 Å². The predicted molar refractivity (Wildman–Crippen MR) is 83.7 cm³/mol. The van der Waals surface area contributed by atoms with Crippen LogP contribution >= 0.6 is 11.8 Å². The highest BCUT2D eigenvalue weighted by atomic mass is 32.2. The Morgan fingerprint density at radius 1 is 1.25 bits per heavy atom. The molecule has 0 saturated heterocycles. The topological polar surface area (TPSA) is 130 Å². The fourth-order valence-electron chi connectivity index (χ4n) is 1.27. The highest BCUT2D eigenvalue weighted by Gasteiger charge is 2.38. The Morgan fingerprint density at radius 2 is 1.71 bits per heavy atom. The molecule has 7 nitrogen and oxygen atoms in total. The lowest BCUT2D eigenvalue weighted by atomic mass is 9.99. The number of nitrogens with one attached hydrogen (secondary N) is 1. The maximum absolute atomic E-state index is 11.7. The molecule has 0 aliphatic carbocycles. The van der Waals surface area contributed by atoms with Crippen molar-refractivity contribution in [3.8, 4) is 0 Å². The summed E-state index contributed by atoms with van der Waals surface area (Å²) in [6.07, 6.45) is -1.99. The van der Waals surface area contributed by atoms with E-state index in [4.69, 9.17) is 20.7 Å². The number of thioether (sulfide) groups is 1. The zero-order chi connectivity index (χ0) is 19.5. The average molecular weight is 376 g/mol. The van der Waals surface area contributed by atoms with E-state index in [0.717, 1.165) is 6.42 Å². The molecule has 0 spiro atoms. The first-order valence-electron chi connectivity index (χ1n) is 6.96. The molecule has 0 saturated carbocycles. The van der Waals surface area contributed by atoms with Crippen molar-refractivity contribution in [2.24, 2.45) is 11.7 Å². The maximum Gasteiger partial charge on any atom is 0.490 e. The number of carboxylic acid groups (broad SMARTS) is 2. The molecule has 0 unspecified atom stereocenters. The van der Waals surface area contributed by atoms with Crippen LogP contribution in [0.4, 0.5) is 13.2 Å². The number of halogens is 3. The van der Waals surface area contributed by atoms with Crippen molar-refractivity contribution in [3.05, 3.63) is 0 Å². The van der Waals surface area contributed by atoms with Gasteiger partial charge in [0.15, 0.2) is 0 Å². The number of nitrogens with two attached hydrogens (primary N) is 1. The normalized spacial score (nSPS) is 14.6. The first-order chi connectivity index (χ1) is 10.9. The summed E-state index contributed by atoms with van der Waals surface area (Å²) in [5.74, 6) is -3.41. The van der Waals surface area contributed by atoms with Gasteiger partial charge in [-0.25, -0.2) is 9.59 Å². The van der Waals surface area contributed by atoms with Gasteiger partial charge in [-0.05, 0) is 24.3 Å². The third-order valence-corrected chi connectivity index (χ3v) is 3.67. The molecule has 0 aliphatic heterocycles. The summed E-state index contributed by atoms with van der Waals surface area (Å²) in [6, 6.07) is -1.49. The Balaban J connectivity index is 0. The molecule has 1 amide bonds. The van der Waals surface area contributed by atoms with Crippen LogP contribution in [0.15, 0.2) is 0 Å². The minimum Gasteiger partial charge on any atom is -0.480 e. The van der Waals surface area contributed by atoms with Crippen molar-refractivity contribution in [2.45, 2.75) is 44.9 Å². The van der Waals surface area contributed by atoms with Crippen molar-refractivity contribution in [2.75, 3.05) is 12.0 Å². The Hall–Kier alpha value is -1.49. The molecule has 0 aliphatic rings. The first kappa shape index (κ1) is 24.8. The van der Waals surface area contributed by atoms with Crippen molar-refractivity contribution in [1.82, 2.24) is 5.32 Å². The number of aliphatic carboxylic acids is 2. The van der Waals surface area contributed by atoms with E-state index in [1.54, 1.807) is 11.8 Å². The van der Waals surface area contributed by atoms with Crippen LogP contribution in [0.5, 0.6) is 0 Å². The van der Waals surface area contributed by atoms with Crippen molar-refractivity contribution >= 4 is 29.6 Å². The third kappa shape index (κ3) is 11.1. The Bertz CT molecular complexity index is 421. The lowest BCUT2D eigenvalue weighted by Crippen LogP contribution is -2.50. The van der Waals surface area contributed by atoms with Gasteiger partial charge in [0.25, 0.3) is 0 Å². The van der Waals surface area contributed by atoms with E-state index < -0.39 is 30.2 Å². The molecule has 0 aromatic rings. The van der Waals surface area contributed by atoms with Crippen LogP contribution in [-0.4, -0.2) is 58.3 Å². The van der Waals surface area contributed by atoms with Crippen LogP contribution < -0.4 is 11.1 Å². The number of rotatable bonds is 8. The highest BCUT2D eigenvalue weighted by Crippen LogP contribution is 2.13. The van der Waals surface area contributed by atoms with Gasteiger partial charge >= 0.3 is 18.1 Å². The Morgan fingerprint density at radius 3 is 2.00 bits per heavy atom. The van der Waals surface area contributed by atoms with E-state index >= 15 is 0 Å². The Labute approximate surface area is 142 Å². The predicted octanol–water partition coefficient (Wildman–Crippen LogP) is 1.32. The van der Waals surface area contributed by atoms with E-state index in [-0.39, 0.29) is 11.8 Å². The van der Waals surface area contributed by atoms with E-state index in [1.165, 1.54) is 0 Å². The standard InChI is InChI=1S/C11H22N2O3S.C2HF3O2/c1-4-7(2)9(12)10(14)13-8(11(15)16)5-6-17-3;3-2(4,5)1(6)7/h7-9H,4-6,12H2,1-3H3,(H,13,14)(H,15,16);(H,6,7)/t7-,8-,9-;/m0./s1. The molecule has 5 N–H and O–H groups in total. The van der Waals surface area contributed by atoms with Gasteiger partial charge in [0.2, 0.25) is 5.91 Å². The summed E-state index contributed by atoms with van der Waals surface area (Å²) < 4.78 is 31.7.